The number of hydrogen-bond acceptors (Lipinski definition) is 1. The fraction of sp³-hybridized carbons (Fsp3) is 0.0588. The molecule has 0 saturated carbocycles. The zero-order chi connectivity index (χ0) is 11.9. The van der Waals surface area contributed by atoms with Crippen LogP contribution in [0.3, 0.4) is 0 Å². The third-order valence-corrected chi connectivity index (χ3v) is 3.51. The van der Waals surface area contributed by atoms with E-state index in [1.165, 1.54) is 22.3 Å². The number of allylic oxidation sites excluding steroid dienone is 4. The largest absolute Gasteiger partial charge is 0.456 e. The van der Waals surface area contributed by atoms with Crippen LogP contribution in [0.1, 0.15) is 17.5 Å². The van der Waals surface area contributed by atoms with Crippen molar-refractivity contribution >= 4 is 11.1 Å². The zero-order valence-electron chi connectivity index (χ0n) is 9.89. The first-order chi connectivity index (χ1) is 8.93. The van der Waals surface area contributed by atoms with E-state index >= 15 is 0 Å². The highest BCUT2D eigenvalue weighted by Gasteiger charge is 2.23. The Morgan fingerprint density at radius 3 is 1.72 bits per heavy atom. The third kappa shape index (κ3) is 1.28. The van der Waals surface area contributed by atoms with E-state index in [2.05, 4.69) is 36.4 Å². The standard InChI is InChI=1S/C17H12O/c1-3-10-16-14(6-1)12-8-5-9-13(12)15-7-2-4-11-17(15)18-16/h1-4,6-11H,5H2. The average Bonchev–Trinajstić information content (AvgIpc) is 2.84. The van der Waals surface area contributed by atoms with Gasteiger partial charge in [0.2, 0.25) is 0 Å². The summed E-state index contributed by atoms with van der Waals surface area (Å²) in [4.78, 5) is 0. The first kappa shape index (κ1) is 9.72. The highest BCUT2D eigenvalue weighted by Crippen LogP contribution is 2.47. The molecule has 2 aromatic rings. The molecule has 1 nitrogen and oxygen atoms in total. The number of para-hydroxylation sites is 2. The molecule has 18 heavy (non-hydrogen) atoms. The molecule has 0 saturated heterocycles. The number of benzene rings is 2. The maximum atomic E-state index is 6.06. The molecule has 0 unspecified atom stereocenters. The van der Waals surface area contributed by atoms with E-state index in [4.69, 9.17) is 4.74 Å². The van der Waals surface area contributed by atoms with Crippen LogP contribution in [0.5, 0.6) is 11.5 Å². The Labute approximate surface area is 106 Å². The van der Waals surface area contributed by atoms with E-state index in [0.29, 0.717) is 0 Å². The maximum Gasteiger partial charge on any atom is 0.135 e. The Morgan fingerprint density at radius 2 is 1.17 bits per heavy atom. The van der Waals surface area contributed by atoms with E-state index in [1.807, 2.05) is 24.3 Å². The van der Waals surface area contributed by atoms with E-state index in [0.717, 1.165) is 17.9 Å². The van der Waals surface area contributed by atoms with Crippen molar-refractivity contribution in [3.8, 4) is 11.5 Å². The summed E-state index contributed by atoms with van der Waals surface area (Å²) in [6.07, 6.45) is 5.56. The highest BCUT2D eigenvalue weighted by atomic mass is 16.5. The van der Waals surface area contributed by atoms with Crippen LogP contribution in [-0.2, 0) is 0 Å². The van der Waals surface area contributed by atoms with Gasteiger partial charge in [-0.2, -0.15) is 0 Å². The molecule has 0 fully saturated rings. The Hall–Kier alpha value is -2.28. The molecule has 2 aliphatic rings. The van der Waals surface area contributed by atoms with Gasteiger partial charge in [0.1, 0.15) is 11.5 Å². The van der Waals surface area contributed by atoms with Gasteiger partial charge in [0, 0.05) is 11.1 Å². The molecule has 1 aliphatic carbocycles. The van der Waals surface area contributed by atoms with Crippen molar-refractivity contribution in [3.05, 3.63) is 71.8 Å². The van der Waals surface area contributed by atoms with Crippen molar-refractivity contribution in [2.75, 3.05) is 0 Å². The molecular weight excluding hydrogens is 220 g/mol. The van der Waals surface area contributed by atoms with Gasteiger partial charge in [-0.1, -0.05) is 48.6 Å². The third-order valence-electron chi connectivity index (χ3n) is 3.51. The summed E-state index contributed by atoms with van der Waals surface area (Å²) in [7, 11) is 0. The van der Waals surface area contributed by atoms with Crippen LogP contribution in [0.25, 0.3) is 11.1 Å². The Kier molecular flexibility index (Phi) is 1.95. The lowest BCUT2D eigenvalue weighted by Crippen LogP contribution is -1.86. The Bertz CT molecular complexity index is 633. The number of fused-ring (bicyclic) bond motifs is 5. The molecule has 0 spiro atoms. The average molecular weight is 232 g/mol. The van der Waals surface area contributed by atoms with Crippen molar-refractivity contribution in [2.24, 2.45) is 0 Å². The van der Waals surface area contributed by atoms with Gasteiger partial charge in [-0.15, -0.1) is 0 Å². The van der Waals surface area contributed by atoms with E-state index in [-0.39, 0.29) is 0 Å². The molecule has 1 heteroatoms. The second kappa shape index (κ2) is 3.61. The fourth-order valence-corrected chi connectivity index (χ4v) is 2.70. The molecule has 1 heterocycles. The van der Waals surface area contributed by atoms with Gasteiger partial charge in [-0.3, -0.25) is 0 Å². The summed E-state index contributed by atoms with van der Waals surface area (Å²) < 4.78 is 6.06. The quantitative estimate of drug-likeness (QED) is 0.641. The fourth-order valence-electron chi connectivity index (χ4n) is 2.70. The van der Waals surface area contributed by atoms with Gasteiger partial charge in [0.25, 0.3) is 0 Å². The predicted octanol–water partition coefficient (Wildman–Crippen LogP) is 4.66. The zero-order valence-corrected chi connectivity index (χ0v) is 9.89. The van der Waals surface area contributed by atoms with Crippen molar-refractivity contribution in [2.45, 2.75) is 6.42 Å². The van der Waals surface area contributed by atoms with Crippen LogP contribution in [0.4, 0.5) is 0 Å². The summed E-state index contributed by atoms with van der Waals surface area (Å²) in [6, 6.07) is 16.5. The lowest BCUT2D eigenvalue weighted by molar-refractivity contribution is 0.481. The van der Waals surface area contributed by atoms with Crippen LogP contribution in [0, 0.1) is 0 Å². The molecule has 0 radical (unpaired) electrons. The lowest BCUT2D eigenvalue weighted by atomic mass is 9.95. The second-order valence-corrected chi connectivity index (χ2v) is 4.57. The molecule has 2 aromatic carbocycles. The second-order valence-electron chi connectivity index (χ2n) is 4.57. The number of ether oxygens (including phenoxy) is 1. The molecule has 1 aliphatic heterocycles. The van der Waals surface area contributed by atoms with Gasteiger partial charge in [-0.25, -0.2) is 0 Å². The van der Waals surface area contributed by atoms with Crippen LogP contribution >= 0.6 is 0 Å². The molecule has 0 bridgehead atoms. The molecule has 0 atom stereocenters. The van der Waals surface area contributed by atoms with Crippen molar-refractivity contribution in [1.29, 1.82) is 0 Å². The SMILES string of the molecule is C1=C2C(=CC1)c1ccccc1Oc1ccccc12. The molecule has 0 aromatic heterocycles. The molecule has 4 rings (SSSR count). The first-order valence-electron chi connectivity index (χ1n) is 6.21. The smallest absolute Gasteiger partial charge is 0.135 e. The normalized spacial score (nSPS) is 15.6. The van der Waals surface area contributed by atoms with E-state index < -0.39 is 0 Å². The lowest BCUT2D eigenvalue weighted by Gasteiger charge is -2.07. The minimum absolute atomic E-state index is 0.946. The summed E-state index contributed by atoms with van der Waals surface area (Å²) in [5, 5.41) is 0. The number of rotatable bonds is 0. The van der Waals surface area contributed by atoms with Gasteiger partial charge in [0.05, 0.1) is 0 Å². The van der Waals surface area contributed by atoms with E-state index in [1.54, 1.807) is 0 Å². The van der Waals surface area contributed by atoms with Gasteiger partial charge < -0.3 is 4.74 Å². The predicted molar refractivity (Wildman–Crippen MR) is 73.5 cm³/mol. The molecule has 0 N–H and O–H groups in total. The molecule has 0 amide bonds. The van der Waals surface area contributed by atoms with Crippen molar-refractivity contribution in [3.63, 3.8) is 0 Å². The van der Waals surface area contributed by atoms with Crippen LogP contribution in [0.2, 0.25) is 0 Å². The van der Waals surface area contributed by atoms with Gasteiger partial charge >= 0.3 is 0 Å². The highest BCUT2D eigenvalue weighted by molar-refractivity contribution is 6.09. The summed E-state index contributed by atoms with van der Waals surface area (Å²) in [5.74, 6) is 1.89. The summed E-state index contributed by atoms with van der Waals surface area (Å²) in [6.45, 7) is 0. The maximum absolute atomic E-state index is 6.06. The Morgan fingerprint density at radius 1 is 0.667 bits per heavy atom. The first-order valence-corrected chi connectivity index (χ1v) is 6.21. The van der Waals surface area contributed by atoms with Crippen molar-refractivity contribution < 1.29 is 4.74 Å². The Balaban J connectivity index is 2.05. The monoisotopic (exact) mass is 232 g/mol. The number of hydrogen-bond donors (Lipinski definition) is 0. The molecule has 86 valence electrons. The van der Waals surface area contributed by atoms with Crippen LogP contribution in [-0.4, -0.2) is 0 Å². The minimum atomic E-state index is 0.946. The summed E-state index contributed by atoms with van der Waals surface area (Å²) in [5.41, 5.74) is 4.99. The van der Waals surface area contributed by atoms with Crippen LogP contribution in [0.15, 0.2) is 60.7 Å². The van der Waals surface area contributed by atoms with E-state index in [9.17, 15) is 0 Å². The van der Waals surface area contributed by atoms with Crippen molar-refractivity contribution in [1.82, 2.24) is 0 Å². The van der Waals surface area contributed by atoms with Gasteiger partial charge in [-0.05, 0) is 29.7 Å². The summed E-state index contributed by atoms with van der Waals surface area (Å²) >= 11 is 0. The van der Waals surface area contributed by atoms with Gasteiger partial charge in [0.15, 0.2) is 0 Å². The molecular formula is C17H12O. The topological polar surface area (TPSA) is 9.23 Å². The van der Waals surface area contributed by atoms with Crippen LogP contribution < -0.4 is 4.74 Å². The minimum Gasteiger partial charge on any atom is -0.456 e.